The Morgan fingerprint density at radius 3 is 2.90 bits per heavy atom. The van der Waals surface area contributed by atoms with E-state index in [1.807, 2.05) is 12.3 Å². The number of hydrogen-bond donors (Lipinski definition) is 0. The number of benzene rings is 1. The van der Waals surface area contributed by atoms with Crippen LogP contribution in [0, 0.1) is 17.2 Å². The van der Waals surface area contributed by atoms with Gasteiger partial charge in [-0.15, -0.1) is 11.8 Å². The lowest BCUT2D eigenvalue weighted by molar-refractivity contribution is 0.435. The molecule has 0 spiro atoms. The molecule has 0 aliphatic carbocycles. The fourth-order valence-electron chi connectivity index (χ4n) is 3.17. The zero-order valence-corrected chi connectivity index (χ0v) is 13.4. The third-order valence-electron chi connectivity index (χ3n) is 4.22. The number of nitriles is 1. The zero-order chi connectivity index (χ0) is 14.4. The first kappa shape index (κ1) is 15.3. The van der Waals surface area contributed by atoms with Crippen molar-refractivity contribution in [1.82, 2.24) is 0 Å². The van der Waals surface area contributed by atoms with Crippen LogP contribution in [0.3, 0.4) is 0 Å². The van der Waals surface area contributed by atoms with Gasteiger partial charge in [-0.1, -0.05) is 25.8 Å². The molecule has 0 radical (unpaired) electrons. The van der Waals surface area contributed by atoms with E-state index in [4.69, 9.17) is 0 Å². The number of hydrogen-bond acceptors (Lipinski definition) is 3. The van der Waals surface area contributed by atoms with Crippen LogP contribution in [0.4, 0.5) is 5.69 Å². The monoisotopic (exact) mass is 288 g/mol. The van der Waals surface area contributed by atoms with Crippen LogP contribution in [0.5, 0.6) is 0 Å². The molecule has 0 saturated carbocycles. The van der Waals surface area contributed by atoms with E-state index in [1.54, 1.807) is 11.8 Å². The Morgan fingerprint density at radius 1 is 1.35 bits per heavy atom. The average molecular weight is 288 g/mol. The van der Waals surface area contributed by atoms with Crippen molar-refractivity contribution in [2.75, 3.05) is 24.2 Å². The maximum Gasteiger partial charge on any atom is 0.103 e. The minimum atomic E-state index is 0.856. The molecule has 1 aliphatic rings. The Hall–Kier alpha value is -1.14. The Labute approximate surface area is 127 Å². The Bertz CT molecular complexity index is 478. The highest BCUT2D eigenvalue weighted by atomic mass is 32.2. The molecule has 1 fully saturated rings. The lowest BCUT2D eigenvalue weighted by Gasteiger charge is -2.24. The first-order valence-corrected chi connectivity index (χ1v) is 8.84. The van der Waals surface area contributed by atoms with E-state index in [9.17, 15) is 5.26 Å². The van der Waals surface area contributed by atoms with Gasteiger partial charge in [0.15, 0.2) is 0 Å². The molecule has 0 bridgehead atoms. The topological polar surface area (TPSA) is 27.0 Å². The van der Waals surface area contributed by atoms with Crippen molar-refractivity contribution in [3.63, 3.8) is 0 Å². The van der Waals surface area contributed by atoms with Gasteiger partial charge in [0.2, 0.25) is 0 Å². The fraction of sp³-hybridized carbons (Fsp3) is 0.588. The molecule has 0 amide bonds. The molecule has 1 aromatic carbocycles. The van der Waals surface area contributed by atoms with Crippen molar-refractivity contribution in [3.05, 3.63) is 23.8 Å². The highest BCUT2D eigenvalue weighted by molar-refractivity contribution is 7.98. The smallest absolute Gasteiger partial charge is 0.103 e. The molecule has 0 N–H and O–H groups in total. The fourth-order valence-corrected chi connectivity index (χ4v) is 3.74. The normalized spacial score (nSPS) is 19.4. The van der Waals surface area contributed by atoms with E-state index in [0.29, 0.717) is 0 Å². The highest BCUT2D eigenvalue weighted by Crippen LogP contribution is 2.31. The molecule has 2 rings (SSSR count). The molecule has 108 valence electrons. The Morgan fingerprint density at radius 2 is 2.20 bits per heavy atom. The molecule has 20 heavy (non-hydrogen) atoms. The van der Waals surface area contributed by atoms with Crippen LogP contribution >= 0.6 is 11.8 Å². The van der Waals surface area contributed by atoms with Crippen LogP contribution in [-0.4, -0.2) is 19.3 Å². The van der Waals surface area contributed by atoms with E-state index in [-0.39, 0.29) is 0 Å². The van der Waals surface area contributed by atoms with Crippen LogP contribution < -0.4 is 4.90 Å². The van der Waals surface area contributed by atoms with Gasteiger partial charge < -0.3 is 4.90 Å². The molecule has 1 unspecified atom stereocenters. The van der Waals surface area contributed by atoms with Gasteiger partial charge in [0.1, 0.15) is 6.07 Å². The summed E-state index contributed by atoms with van der Waals surface area (Å²) in [5.41, 5.74) is 1.99. The summed E-state index contributed by atoms with van der Waals surface area (Å²) in [6.45, 7) is 4.46. The van der Waals surface area contributed by atoms with Crippen LogP contribution in [0.1, 0.15) is 44.6 Å². The minimum absolute atomic E-state index is 0.856. The van der Waals surface area contributed by atoms with Crippen molar-refractivity contribution in [2.24, 2.45) is 5.92 Å². The molecule has 3 heteroatoms. The lowest BCUT2D eigenvalue weighted by Crippen LogP contribution is -2.25. The quantitative estimate of drug-likeness (QED) is 0.752. The number of anilines is 1. The van der Waals surface area contributed by atoms with E-state index in [0.717, 1.165) is 35.2 Å². The van der Waals surface area contributed by atoms with Gasteiger partial charge >= 0.3 is 0 Å². The van der Waals surface area contributed by atoms with Gasteiger partial charge in [-0.2, -0.15) is 5.26 Å². The minimum Gasteiger partial charge on any atom is -0.370 e. The zero-order valence-electron chi connectivity index (χ0n) is 12.6. The summed E-state index contributed by atoms with van der Waals surface area (Å²) in [5, 5.41) is 9.48. The van der Waals surface area contributed by atoms with Gasteiger partial charge in [-0.25, -0.2) is 0 Å². The van der Waals surface area contributed by atoms with Crippen molar-refractivity contribution >= 4 is 17.4 Å². The van der Waals surface area contributed by atoms with Crippen LogP contribution in [0.2, 0.25) is 0 Å². The Balaban J connectivity index is 2.18. The third-order valence-corrected chi connectivity index (χ3v) is 5.00. The van der Waals surface area contributed by atoms with Crippen molar-refractivity contribution in [2.45, 2.75) is 43.9 Å². The number of nitrogens with zero attached hydrogens (tertiary/aromatic N) is 2. The number of rotatable bonds is 4. The summed E-state index contributed by atoms with van der Waals surface area (Å²) >= 11 is 1.66. The maximum atomic E-state index is 9.48. The summed E-state index contributed by atoms with van der Waals surface area (Å²) in [4.78, 5) is 3.52. The van der Waals surface area contributed by atoms with Crippen LogP contribution in [0.25, 0.3) is 0 Å². The molecule has 1 aromatic rings. The Kier molecular flexibility index (Phi) is 5.79. The van der Waals surface area contributed by atoms with E-state index in [2.05, 4.69) is 30.0 Å². The SMILES string of the molecule is CCCC1CCCN(c2cccc(SC)c2C#N)CC1. The van der Waals surface area contributed by atoms with Crippen molar-refractivity contribution < 1.29 is 0 Å². The first-order valence-electron chi connectivity index (χ1n) is 7.62. The molecular weight excluding hydrogens is 264 g/mol. The summed E-state index contributed by atoms with van der Waals surface area (Å²) in [5.74, 6) is 0.874. The highest BCUT2D eigenvalue weighted by Gasteiger charge is 2.19. The van der Waals surface area contributed by atoms with E-state index >= 15 is 0 Å². The molecule has 1 aliphatic heterocycles. The van der Waals surface area contributed by atoms with E-state index < -0.39 is 0 Å². The van der Waals surface area contributed by atoms with Gasteiger partial charge in [0, 0.05) is 18.0 Å². The van der Waals surface area contributed by atoms with Gasteiger partial charge in [0.25, 0.3) is 0 Å². The average Bonchev–Trinajstić information content (AvgIpc) is 2.72. The largest absolute Gasteiger partial charge is 0.370 e. The molecule has 1 atom stereocenters. The first-order chi connectivity index (χ1) is 9.80. The lowest BCUT2D eigenvalue weighted by atomic mass is 9.96. The third kappa shape index (κ3) is 3.49. The summed E-state index contributed by atoms with van der Waals surface area (Å²) in [6, 6.07) is 8.64. The molecule has 0 aromatic heterocycles. The second kappa shape index (κ2) is 7.59. The van der Waals surface area contributed by atoms with Gasteiger partial charge in [0.05, 0.1) is 11.3 Å². The van der Waals surface area contributed by atoms with Crippen molar-refractivity contribution in [3.8, 4) is 6.07 Å². The second-order valence-corrected chi connectivity index (χ2v) is 6.39. The van der Waals surface area contributed by atoms with Gasteiger partial charge in [-0.3, -0.25) is 0 Å². The summed E-state index contributed by atoms with van der Waals surface area (Å²) in [7, 11) is 0. The number of thioether (sulfide) groups is 1. The molecular formula is C17H24N2S. The van der Waals surface area contributed by atoms with Crippen molar-refractivity contribution in [1.29, 1.82) is 5.26 Å². The molecule has 2 nitrogen and oxygen atoms in total. The molecule has 1 heterocycles. The standard InChI is InChI=1S/C17H24N2S/c1-3-6-14-7-5-11-19(12-10-14)16-8-4-9-17(20-2)15(16)13-18/h4,8-9,14H,3,5-7,10-12H2,1-2H3. The molecule has 1 saturated heterocycles. The van der Waals surface area contributed by atoms with Crippen LogP contribution in [-0.2, 0) is 0 Å². The predicted molar refractivity (Wildman–Crippen MR) is 87.4 cm³/mol. The van der Waals surface area contributed by atoms with Crippen LogP contribution in [0.15, 0.2) is 23.1 Å². The second-order valence-electron chi connectivity index (χ2n) is 5.54. The maximum absolute atomic E-state index is 9.48. The summed E-state index contributed by atoms with van der Waals surface area (Å²) < 4.78 is 0. The summed E-state index contributed by atoms with van der Waals surface area (Å²) in [6.07, 6.45) is 8.54. The predicted octanol–water partition coefficient (Wildman–Crippen LogP) is 4.69. The van der Waals surface area contributed by atoms with Gasteiger partial charge in [-0.05, 0) is 43.6 Å². The van der Waals surface area contributed by atoms with E-state index in [1.165, 1.54) is 32.1 Å².